The molecule has 2 aliphatic rings. The first-order chi connectivity index (χ1) is 8.85. The van der Waals surface area contributed by atoms with E-state index >= 15 is 0 Å². The van der Waals surface area contributed by atoms with E-state index in [1.165, 1.54) is 38.0 Å². The minimum absolute atomic E-state index is 0.733. The highest BCUT2D eigenvalue weighted by Crippen LogP contribution is 2.26. The Labute approximate surface area is 109 Å². The normalized spacial score (nSPS) is 28.1. The van der Waals surface area contributed by atoms with Crippen molar-refractivity contribution in [3.8, 4) is 5.75 Å². The Morgan fingerprint density at radius 2 is 2.11 bits per heavy atom. The monoisotopic (exact) mass is 246 g/mol. The lowest BCUT2D eigenvalue weighted by Gasteiger charge is -2.24. The fourth-order valence-corrected chi connectivity index (χ4v) is 3.25. The fraction of sp³-hybridized carbons (Fsp3) is 0.600. The summed E-state index contributed by atoms with van der Waals surface area (Å²) in [4.78, 5) is 2.58. The number of hydrogen-bond donors (Lipinski definition) is 1. The lowest BCUT2D eigenvalue weighted by molar-refractivity contribution is 0.312. The zero-order chi connectivity index (χ0) is 12.4. The molecular formula is C15H22N2O. The Balaban J connectivity index is 1.59. The van der Waals surface area contributed by atoms with Crippen LogP contribution in [0.25, 0.3) is 0 Å². The maximum absolute atomic E-state index is 5.19. The summed E-state index contributed by atoms with van der Waals surface area (Å²) in [6, 6.07) is 9.19. The molecule has 18 heavy (non-hydrogen) atoms. The Bertz CT molecular complexity index is 376. The van der Waals surface area contributed by atoms with Crippen molar-refractivity contribution in [2.75, 3.05) is 26.7 Å². The van der Waals surface area contributed by atoms with Gasteiger partial charge >= 0.3 is 0 Å². The standard InChI is InChI=1S/C15H22N2O/c1-18-14-6-4-12(5-7-14)9-17-10-13-3-2-8-16-15(13)11-17/h4-7,13,15-16H,2-3,8-11H2,1H3/t13-,15+/m0/s1. The van der Waals surface area contributed by atoms with Gasteiger partial charge in [0, 0.05) is 25.7 Å². The summed E-state index contributed by atoms with van der Waals surface area (Å²) >= 11 is 0. The minimum atomic E-state index is 0.733. The maximum atomic E-state index is 5.19. The average Bonchev–Trinajstić information content (AvgIpc) is 2.82. The molecule has 3 rings (SSSR count). The van der Waals surface area contributed by atoms with Gasteiger partial charge in [-0.25, -0.2) is 0 Å². The van der Waals surface area contributed by atoms with E-state index in [1.54, 1.807) is 7.11 Å². The molecule has 0 radical (unpaired) electrons. The number of likely N-dealkylation sites (tertiary alicyclic amines) is 1. The molecule has 1 aromatic carbocycles. The highest BCUT2D eigenvalue weighted by atomic mass is 16.5. The SMILES string of the molecule is COc1ccc(CN2C[C@@H]3CCCN[C@@H]3C2)cc1. The lowest BCUT2D eigenvalue weighted by Crippen LogP contribution is -2.40. The van der Waals surface area contributed by atoms with Crippen molar-refractivity contribution >= 4 is 0 Å². The summed E-state index contributed by atoms with van der Waals surface area (Å²) < 4.78 is 5.19. The molecule has 0 saturated carbocycles. The van der Waals surface area contributed by atoms with E-state index in [2.05, 4.69) is 34.5 Å². The Morgan fingerprint density at radius 3 is 2.83 bits per heavy atom. The molecule has 2 aliphatic heterocycles. The Hall–Kier alpha value is -1.06. The molecule has 98 valence electrons. The number of fused-ring (bicyclic) bond motifs is 1. The second kappa shape index (κ2) is 5.29. The molecular weight excluding hydrogens is 224 g/mol. The maximum Gasteiger partial charge on any atom is 0.118 e. The van der Waals surface area contributed by atoms with Crippen LogP contribution in [0, 0.1) is 5.92 Å². The Kier molecular flexibility index (Phi) is 3.52. The van der Waals surface area contributed by atoms with Crippen molar-refractivity contribution in [2.24, 2.45) is 5.92 Å². The largest absolute Gasteiger partial charge is 0.497 e. The van der Waals surface area contributed by atoms with Crippen LogP contribution in [-0.4, -0.2) is 37.7 Å². The number of piperidine rings is 1. The molecule has 0 bridgehead atoms. The number of rotatable bonds is 3. The number of hydrogen-bond acceptors (Lipinski definition) is 3. The van der Waals surface area contributed by atoms with Gasteiger partial charge in [0.15, 0.2) is 0 Å². The van der Waals surface area contributed by atoms with Crippen molar-refractivity contribution in [3.05, 3.63) is 29.8 Å². The summed E-state index contributed by atoms with van der Waals surface area (Å²) in [6.07, 6.45) is 2.74. The van der Waals surface area contributed by atoms with Crippen LogP contribution in [0.2, 0.25) is 0 Å². The van der Waals surface area contributed by atoms with Gasteiger partial charge in [-0.3, -0.25) is 4.90 Å². The van der Waals surface area contributed by atoms with E-state index in [0.29, 0.717) is 0 Å². The van der Waals surface area contributed by atoms with Crippen LogP contribution in [0.4, 0.5) is 0 Å². The predicted octanol–water partition coefficient (Wildman–Crippen LogP) is 1.88. The van der Waals surface area contributed by atoms with Crippen molar-refractivity contribution < 1.29 is 4.74 Å². The summed E-state index contributed by atoms with van der Waals surface area (Å²) in [5, 5.41) is 3.65. The molecule has 0 amide bonds. The first kappa shape index (κ1) is 12.0. The molecule has 0 unspecified atom stereocenters. The third kappa shape index (κ3) is 2.52. The smallest absolute Gasteiger partial charge is 0.118 e. The summed E-state index contributed by atoms with van der Waals surface area (Å²) in [6.45, 7) is 4.73. The zero-order valence-electron chi connectivity index (χ0n) is 11.1. The third-order valence-corrected chi connectivity index (χ3v) is 4.24. The van der Waals surface area contributed by atoms with Gasteiger partial charge in [0.2, 0.25) is 0 Å². The van der Waals surface area contributed by atoms with Crippen molar-refractivity contribution in [1.29, 1.82) is 0 Å². The molecule has 1 N–H and O–H groups in total. The van der Waals surface area contributed by atoms with Gasteiger partial charge in [0.1, 0.15) is 5.75 Å². The topological polar surface area (TPSA) is 24.5 Å². The van der Waals surface area contributed by atoms with E-state index < -0.39 is 0 Å². The lowest BCUT2D eigenvalue weighted by atomic mass is 9.94. The second-order valence-corrected chi connectivity index (χ2v) is 5.51. The first-order valence-electron chi connectivity index (χ1n) is 6.94. The summed E-state index contributed by atoms with van der Waals surface area (Å²) in [5.41, 5.74) is 1.38. The van der Waals surface area contributed by atoms with Crippen LogP contribution in [0.3, 0.4) is 0 Å². The molecule has 0 spiro atoms. The molecule has 0 aromatic heterocycles. The van der Waals surface area contributed by atoms with E-state index in [1.807, 2.05) is 0 Å². The Morgan fingerprint density at radius 1 is 1.28 bits per heavy atom. The van der Waals surface area contributed by atoms with Crippen LogP contribution < -0.4 is 10.1 Å². The second-order valence-electron chi connectivity index (χ2n) is 5.51. The molecule has 3 heteroatoms. The van der Waals surface area contributed by atoms with Gasteiger partial charge in [-0.15, -0.1) is 0 Å². The van der Waals surface area contributed by atoms with Crippen LogP contribution >= 0.6 is 0 Å². The van der Waals surface area contributed by atoms with Crippen molar-refractivity contribution in [1.82, 2.24) is 10.2 Å². The first-order valence-corrected chi connectivity index (χ1v) is 6.94. The van der Waals surface area contributed by atoms with Crippen LogP contribution in [-0.2, 0) is 6.54 Å². The molecule has 2 heterocycles. The van der Waals surface area contributed by atoms with E-state index in [4.69, 9.17) is 4.74 Å². The number of nitrogens with zero attached hydrogens (tertiary/aromatic N) is 1. The molecule has 2 saturated heterocycles. The van der Waals surface area contributed by atoms with Gasteiger partial charge < -0.3 is 10.1 Å². The number of methoxy groups -OCH3 is 1. The molecule has 1 aromatic rings. The molecule has 2 atom stereocenters. The quantitative estimate of drug-likeness (QED) is 0.881. The summed E-state index contributed by atoms with van der Waals surface area (Å²) in [7, 11) is 1.71. The fourth-order valence-electron chi connectivity index (χ4n) is 3.25. The van der Waals surface area contributed by atoms with Crippen LogP contribution in [0.15, 0.2) is 24.3 Å². The molecule has 2 fully saturated rings. The van der Waals surface area contributed by atoms with Gasteiger partial charge in [-0.2, -0.15) is 0 Å². The average molecular weight is 246 g/mol. The van der Waals surface area contributed by atoms with Crippen LogP contribution in [0.1, 0.15) is 18.4 Å². The molecule has 0 aliphatic carbocycles. The van der Waals surface area contributed by atoms with Crippen LogP contribution in [0.5, 0.6) is 5.75 Å². The van der Waals surface area contributed by atoms with Crippen molar-refractivity contribution in [3.63, 3.8) is 0 Å². The number of nitrogens with one attached hydrogen (secondary N) is 1. The number of ether oxygens (including phenoxy) is 1. The van der Waals surface area contributed by atoms with E-state index in [0.717, 1.165) is 24.3 Å². The molecule has 3 nitrogen and oxygen atoms in total. The van der Waals surface area contributed by atoms with Gasteiger partial charge in [-0.05, 0) is 43.0 Å². The third-order valence-electron chi connectivity index (χ3n) is 4.24. The van der Waals surface area contributed by atoms with Gasteiger partial charge in [0.25, 0.3) is 0 Å². The predicted molar refractivity (Wildman–Crippen MR) is 72.8 cm³/mol. The van der Waals surface area contributed by atoms with Crippen molar-refractivity contribution in [2.45, 2.75) is 25.4 Å². The van der Waals surface area contributed by atoms with E-state index in [9.17, 15) is 0 Å². The highest BCUT2D eigenvalue weighted by Gasteiger charge is 2.33. The summed E-state index contributed by atoms with van der Waals surface area (Å²) in [5.74, 6) is 1.81. The van der Waals surface area contributed by atoms with Gasteiger partial charge in [-0.1, -0.05) is 12.1 Å². The van der Waals surface area contributed by atoms with Gasteiger partial charge in [0.05, 0.1) is 7.11 Å². The zero-order valence-corrected chi connectivity index (χ0v) is 11.1. The highest BCUT2D eigenvalue weighted by molar-refractivity contribution is 5.27. The van der Waals surface area contributed by atoms with E-state index in [-0.39, 0.29) is 0 Å². The minimum Gasteiger partial charge on any atom is -0.497 e. The number of benzene rings is 1.